The molecule has 2 fully saturated rings. The maximum atomic E-state index is 12.7. The Labute approximate surface area is 199 Å². The molecule has 1 saturated heterocycles. The van der Waals surface area contributed by atoms with E-state index in [-0.39, 0.29) is 18.4 Å². The van der Waals surface area contributed by atoms with Gasteiger partial charge in [-0.15, -0.1) is 0 Å². The number of amides is 2. The molecular formula is C26H34N2O6. The number of aliphatic hydroxyl groups is 1. The molecular weight excluding hydrogens is 436 g/mol. The number of carbonyl (C=O) groups is 2. The summed E-state index contributed by atoms with van der Waals surface area (Å²) in [6, 6.07) is 5.09. The first-order valence-electron chi connectivity index (χ1n) is 12.2. The van der Waals surface area contributed by atoms with E-state index < -0.39 is 23.2 Å². The van der Waals surface area contributed by atoms with Crippen LogP contribution in [0.25, 0.3) is 11.0 Å². The van der Waals surface area contributed by atoms with Crippen molar-refractivity contribution in [3.05, 3.63) is 39.7 Å². The Kier molecular flexibility index (Phi) is 6.98. The molecule has 0 bridgehead atoms. The molecule has 1 aliphatic heterocycles. The average molecular weight is 471 g/mol. The minimum absolute atomic E-state index is 0.108. The highest BCUT2D eigenvalue weighted by Gasteiger charge is 2.43. The molecule has 8 nitrogen and oxygen atoms in total. The van der Waals surface area contributed by atoms with E-state index in [9.17, 15) is 19.5 Å². The topological polar surface area (TPSA) is 109 Å². The summed E-state index contributed by atoms with van der Waals surface area (Å²) in [6.45, 7) is 6.32. The zero-order chi connectivity index (χ0) is 24.5. The fraction of sp³-hybridized carbons (Fsp3) is 0.577. The third-order valence-corrected chi connectivity index (χ3v) is 7.44. The van der Waals surface area contributed by atoms with E-state index in [1.54, 1.807) is 24.8 Å². The van der Waals surface area contributed by atoms with Crippen LogP contribution in [0.1, 0.15) is 57.1 Å². The van der Waals surface area contributed by atoms with Crippen LogP contribution in [0.5, 0.6) is 5.75 Å². The summed E-state index contributed by atoms with van der Waals surface area (Å²) in [4.78, 5) is 39.0. The molecule has 2 aliphatic rings. The van der Waals surface area contributed by atoms with Crippen LogP contribution in [0, 0.1) is 12.8 Å². The SMILES string of the molecule is CCc1cc(=O)oc2c(C)c(O[C@@H](C)C(=O)NCC(=O)N3CC[C@@]4(O)CCCC[C@@H]4C3)ccc12. The van der Waals surface area contributed by atoms with Crippen LogP contribution >= 0.6 is 0 Å². The molecule has 3 atom stereocenters. The van der Waals surface area contributed by atoms with Gasteiger partial charge >= 0.3 is 5.63 Å². The van der Waals surface area contributed by atoms with Crippen LogP contribution in [-0.4, -0.2) is 53.2 Å². The van der Waals surface area contributed by atoms with Crippen LogP contribution in [0.3, 0.4) is 0 Å². The van der Waals surface area contributed by atoms with Gasteiger partial charge in [-0.05, 0) is 57.2 Å². The van der Waals surface area contributed by atoms with Crippen molar-refractivity contribution in [1.29, 1.82) is 0 Å². The van der Waals surface area contributed by atoms with Crippen molar-refractivity contribution < 1.29 is 23.8 Å². The van der Waals surface area contributed by atoms with E-state index in [0.29, 0.717) is 42.8 Å². The van der Waals surface area contributed by atoms with E-state index in [0.717, 1.165) is 36.6 Å². The van der Waals surface area contributed by atoms with Crippen molar-refractivity contribution in [1.82, 2.24) is 10.2 Å². The van der Waals surface area contributed by atoms with Gasteiger partial charge in [0.05, 0.1) is 12.1 Å². The molecule has 2 N–H and O–H groups in total. The number of hydrogen-bond donors (Lipinski definition) is 2. The quantitative estimate of drug-likeness (QED) is 0.629. The van der Waals surface area contributed by atoms with Crippen molar-refractivity contribution in [3.63, 3.8) is 0 Å². The molecule has 0 unspecified atom stereocenters. The number of rotatable bonds is 6. The van der Waals surface area contributed by atoms with Crippen LogP contribution in [0.2, 0.25) is 0 Å². The molecule has 1 aromatic carbocycles. The Balaban J connectivity index is 1.35. The minimum Gasteiger partial charge on any atom is -0.480 e. The van der Waals surface area contributed by atoms with Crippen LogP contribution < -0.4 is 15.7 Å². The molecule has 0 spiro atoms. The first-order valence-corrected chi connectivity index (χ1v) is 12.2. The maximum Gasteiger partial charge on any atom is 0.336 e. The van der Waals surface area contributed by atoms with Crippen LogP contribution in [-0.2, 0) is 16.0 Å². The lowest BCUT2D eigenvalue weighted by Gasteiger charge is -2.47. The largest absolute Gasteiger partial charge is 0.480 e. The molecule has 2 amide bonds. The van der Waals surface area contributed by atoms with Gasteiger partial charge in [0.1, 0.15) is 11.3 Å². The zero-order valence-electron chi connectivity index (χ0n) is 20.2. The van der Waals surface area contributed by atoms with Crippen molar-refractivity contribution in [2.75, 3.05) is 19.6 Å². The standard InChI is InChI=1S/C26H34N2O6/c1-4-18-13-23(30)34-24-16(2)21(9-8-20(18)24)33-17(3)25(31)27-14-22(29)28-12-11-26(32)10-6-5-7-19(26)15-28/h8-9,13,17,19,32H,4-7,10-12,14-15H2,1-3H3,(H,27,31)/t17-,19+,26-/m0/s1. The molecule has 34 heavy (non-hydrogen) atoms. The van der Waals surface area contributed by atoms with Gasteiger partial charge < -0.3 is 24.5 Å². The van der Waals surface area contributed by atoms with E-state index in [2.05, 4.69) is 5.32 Å². The molecule has 1 aromatic heterocycles. The summed E-state index contributed by atoms with van der Waals surface area (Å²) in [5, 5.41) is 14.3. The Morgan fingerprint density at radius 1 is 1.32 bits per heavy atom. The van der Waals surface area contributed by atoms with E-state index in [1.807, 2.05) is 13.0 Å². The van der Waals surface area contributed by atoms with Gasteiger partial charge in [-0.3, -0.25) is 9.59 Å². The van der Waals surface area contributed by atoms with Gasteiger partial charge in [-0.2, -0.15) is 0 Å². The second kappa shape index (κ2) is 9.78. The number of likely N-dealkylation sites (tertiary alicyclic amines) is 1. The summed E-state index contributed by atoms with van der Waals surface area (Å²) < 4.78 is 11.3. The molecule has 1 saturated carbocycles. The van der Waals surface area contributed by atoms with Gasteiger partial charge in [0, 0.05) is 36.0 Å². The fourth-order valence-corrected chi connectivity index (χ4v) is 5.29. The molecule has 4 rings (SSSR count). The fourth-order valence-electron chi connectivity index (χ4n) is 5.29. The lowest BCUT2D eigenvalue weighted by molar-refractivity contribution is -0.144. The number of hydrogen-bond acceptors (Lipinski definition) is 6. The van der Waals surface area contributed by atoms with Crippen LogP contribution in [0.4, 0.5) is 0 Å². The van der Waals surface area contributed by atoms with Gasteiger partial charge in [-0.25, -0.2) is 4.79 Å². The van der Waals surface area contributed by atoms with Crippen molar-refractivity contribution in [3.8, 4) is 5.75 Å². The highest BCUT2D eigenvalue weighted by atomic mass is 16.5. The second-order valence-corrected chi connectivity index (χ2v) is 9.62. The van der Waals surface area contributed by atoms with E-state index >= 15 is 0 Å². The summed E-state index contributed by atoms with van der Waals surface area (Å²) in [7, 11) is 0. The molecule has 184 valence electrons. The van der Waals surface area contributed by atoms with Gasteiger partial charge in [0.2, 0.25) is 5.91 Å². The van der Waals surface area contributed by atoms with Gasteiger partial charge in [0.25, 0.3) is 5.91 Å². The maximum absolute atomic E-state index is 12.7. The monoisotopic (exact) mass is 470 g/mol. The zero-order valence-corrected chi connectivity index (χ0v) is 20.2. The predicted molar refractivity (Wildman–Crippen MR) is 128 cm³/mol. The van der Waals surface area contributed by atoms with E-state index in [4.69, 9.17) is 9.15 Å². The Morgan fingerprint density at radius 3 is 2.88 bits per heavy atom. The second-order valence-electron chi connectivity index (χ2n) is 9.62. The summed E-state index contributed by atoms with van der Waals surface area (Å²) in [6.07, 6.45) is 4.31. The Morgan fingerprint density at radius 2 is 2.12 bits per heavy atom. The lowest BCUT2D eigenvalue weighted by atomic mass is 9.71. The highest BCUT2D eigenvalue weighted by Crippen LogP contribution is 2.39. The number of carbonyl (C=O) groups excluding carboxylic acids is 2. The smallest absolute Gasteiger partial charge is 0.336 e. The van der Waals surface area contributed by atoms with Crippen molar-refractivity contribution in [2.45, 2.75) is 71.0 Å². The summed E-state index contributed by atoms with van der Waals surface area (Å²) >= 11 is 0. The molecule has 2 aromatic rings. The van der Waals surface area contributed by atoms with Crippen molar-refractivity contribution in [2.24, 2.45) is 5.92 Å². The Hall–Kier alpha value is -2.87. The van der Waals surface area contributed by atoms with Gasteiger partial charge in [0.15, 0.2) is 6.10 Å². The first-order chi connectivity index (χ1) is 16.2. The lowest BCUT2D eigenvalue weighted by Crippen LogP contribution is -2.56. The summed E-state index contributed by atoms with van der Waals surface area (Å²) in [5.41, 5.74) is 0.939. The normalized spacial score (nSPS) is 23.3. The van der Waals surface area contributed by atoms with Gasteiger partial charge in [-0.1, -0.05) is 19.8 Å². The van der Waals surface area contributed by atoms with E-state index in [1.165, 1.54) is 6.07 Å². The molecule has 8 heteroatoms. The average Bonchev–Trinajstić information content (AvgIpc) is 2.83. The van der Waals surface area contributed by atoms with Crippen LogP contribution in [0.15, 0.2) is 27.4 Å². The first kappa shape index (κ1) is 24.3. The third kappa shape index (κ3) is 4.82. The third-order valence-electron chi connectivity index (χ3n) is 7.44. The molecule has 2 heterocycles. The summed E-state index contributed by atoms with van der Waals surface area (Å²) in [5.74, 6) is 0.0123. The Bertz CT molecular complexity index is 1140. The number of piperidine rings is 1. The minimum atomic E-state index is -0.838. The number of benzene rings is 1. The number of nitrogens with zero attached hydrogens (tertiary/aromatic N) is 1. The number of ether oxygens (including phenoxy) is 1. The highest BCUT2D eigenvalue weighted by molar-refractivity contribution is 5.88. The predicted octanol–water partition coefficient (Wildman–Crippen LogP) is 2.70. The molecule has 0 radical (unpaired) electrons. The van der Waals surface area contributed by atoms with Crippen molar-refractivity contribution >= 4 is 22.8 Å². The molecule has 1 aliphatic carbocycles. The number of aryl methyl sites for hydroxylation is 2. The number of fused-ring (bicyclic) bond motifs is 2. The number of nitrogens with one attached hydrogen (secondary N) is 1.